The third kappa shape index (κ3) is 3.00. The molecule has 0 aliphatic heterocycles. The Bertz CT molecular complexity index is 2120. The van der Waals surface area contributed by atoms with Gasteiger partial charge in [-0.15, -0.1) is 0 Å². The maximum Gasteiger partial charge on any atom is 0.144 e. The number of pyridine rings is 1. The summed E-state index contributed by atoms with van der Waals surface area (Å²) >= 11 is 0. The summed E-state index contributed by atoms with van der Waals surface area (Å²) in [4.78, 5) is 4.42. The fourth-order valence-corrected chi connectivity index (χ4v) is 5.13. The zero-order valence-electron chi connectivity index (χ0n) is 24.7. The molecule has 0 amide bonds. The molecule has 7 rings (SSSR count). The molecule has 2 aromatic heterocycles. The summed E-state index contributed by atoms with van der Waals surface area (Å²) in [6.45, 7) is -5.22. The third-order valence-corrected chi connectivity index (χ3v) is 6.75. The van der Waals surface area contributed by atoms with Crippen molar-refractivity contribution >= 4 is 43.5 Å². The van der Waals surface area contributed by atoms with Crippen LogP contribution in [0.5, 0.6) is 0 Å². The van der Waals surface area contributed by atoms with Crippen molar-refractivity contribution < 1.29 is 12.6 Å². The molecule has 0 N–H and O–H groups in total. The van der Waals surface area contributed by atoms with Crippen LogP contribution in [0.15, 0.2) is 108 Å². The Balaban J connectivity index is 1.59. The van der Waals surface area contributed by atoms with Gasteiger partial charge >= 0.3 is 0 Å². The number of rotatable bonds is 2. The summed E-state index contributed by atoms with van der Waals surface area (Å²) in [5.74, 6) is 0. The van der Waals surface area contributed by atoms with Crippen LogP contribution in [0.4, 0.5) is 0 Å². The average Bonchev–Trinajstić information content (AvgIpc) is 3.34. The zero-order valence-corrected chi connectivity index (χ0v) is 18.7. The first-order valence-corrected chi connectivity index (χ1v) is 11.5. The highest BCUT2D eigenvalue weighted by atomic mass is 16.3. The minimum Gasteiger partial charge on any atom is -0.455 e. The number of para-hydroxylation sites is 1. The van der Waals surface area contributed by atoms with E-state index in [0.717, 1.165) is 49.6 Å². The number of hydrogen-bond donors (Lipinski definition) is 0. The van der Waals surface area contributed by atoms with Gasteiger partial charge < -0.3 is 4.42 Å². The van der Waals surface area contributed by atoms with E-state index in [2.05, 4.69) is 47.4 Å². The van der Waals surface area contributed by atoms with Gasteiger partial charge in [-0.2, -0.15) is 0 Å². The van der Waals surface area contributed by atoms with Crippen LogP contribution >= 0.6 is 0 Å². The van der Waals surface area contributed by atoms with E-state index in [4.69, 9.17) is 12.6 Å². The predicted molar refractivity (Wildman–Crippen MR) is 147 cm³/mol. The molecule has 0 radical (unpaired) electrons. The van der Waals surface area contributed by atoms with Crippen molar-refractivity contribution in [3.63, 3.8) is 0 Å². The van der Waals surface area contributed by atoms with Gasteiger partial charge in [0.2, 0.25) is 0 Å². The van der Waals surface area contributed by atoms with Crippen LogP contribution in [-0.4, -0.2) is 4.98 Å². The quantitative estimate of drug-likeness (QED) is 0.243. The summed E-state index contributed by atoms with van der Waals surface area (Å²) < 4.78 is 54.1. The van der Waals surface area contributed by atoms with E-state index in [0.29, 0.717) is 22.4 Å². The Hall–Kier alpha value is -4.43. The summed E-state index contributed by atoms with van der Waals surface area (Å²) in [7, 11) is 0. The van der Waals surface area contributed by atoms with Gasteiger partial charge in [-0.25, -0.2) is 0 Å². The molecule has 2 heterocycles. The van der Waals surface area contributed by atoms with E-state index in [9.17, 15) is 0 Å². The van der Waals surface area contributed by atoms with E-state index in [1.165, 1.54) is 6.07 Å². The molecule has 2 nitrogen and oxygen atoms in total. The standard InChI is InChI=1S/C33H23NO/c1-20-17-29(34-19-21(20)2)26-13-8-14-27-32-30(35-33(26)27)18-28(22-9-4-3-5-10-22)25-16-15-23-11-6-7-12-24(23)31(25)32/h3-19H,1-2H3/i1D3,2D3. The highest BCUT2D eigenvalue weighted by Crippen LogP contribution is 2.44. The highest BCUT2D eigenvalue weighted by molar-refractivity contribution is 6.30. The van der Waals surface area contributed by atoms with Crippen molar-refractivity contribution in [1.29, 1.82) is 0 Å². The maximum absolute atomic E-state index is 8.01. The van der Waals surface area contributed by atoms with Crippen LogP contribution in [0.3, 0.4) is 0 Å². The Labute approximate surface area is 211 Å². The fourth-order valence-electron chi connectivity index (χ4n) is 5.13. The van der Waals surface area contributed by atoms with Crippen molar-refractivity contribution in [3.8, 4) is 22.4 Å². The molecular formula is C33H23NO. The first kappa shape index (κ1) is 14.7. The molecule has 0 fully saturated rings. The van der Waals surface area contributed by atoms with E-state index in [1.807, 2.05) is 48.5 Å². The van der Waals surface area contributed by atoms with Gasteiger partial charge in [0.15, 0.2) is 0 Å². The third-order valence-electron chi connectivity index (χ3n) is 6.75. The highest BCUT2D eigenvalue weighted by Gasteiger charge is 2.19. The molecule has 0 bridgehead atoms. The summed E-state index contributed by atoms with van der Waals surface area (Å²) in [5, 5.41) is 6.22. The van der Waals surface area contributed by atoms with E-state index < -0.39 is 13.7 Å². The molecule has 0 saturated carbocycles. The number of nitrogens with zero attached hydrogens (tertiary/aromatic N) is 1. The van der Waals surface area contributed by atoms with Crippen LogP contribution in [0.25, 0.3) is 65.9 Å². The average molecular weight is 456 g/mol. The van der Waals surface area contributed by atoms with Crippen LogP contribution in [0.2, 0.25) is 0 Å². The molecule has 0 aliphatic rings. The Morgan fingerprint density at radius 3 is 2.37 bits per heavy atom. The second kappa shape index (κ2) is 7.54. The molecule has 0 unspecified atom stereocenters. The molecule has 2 heteroatoms. The molecule has 0 spiro atoms. The molecule has 0 aliphatic carbocycles. The van der Waals surface area contributed by atoms with Gasteiger partial charge in [0.25, 0.3) is 0 Å². The Kier molecular flexibility index (Phi) is 3.18. The lowest BCUT2D eigenvalue weighted by atomic mass is 9.91. The van der Waals surface area contributed by atoms with Crippen LogP contribution in [-0.2, 0) is 0 Å². The molecule has 5 aromatic carbocycles. The van der Waals surface area contributed by atoms with Gasteiger partial charge in [0, 0.05) is 36.1 Å². The van der Waals surface area contributed by atoms with Crippen molar-refractivity contribution in [1.82, 2.24) is 4.98 Å². The number of hydrogen-bond acceptors (Lipinski definition) is 2. The molecule has 7 aromatic rings. The topological polar surface area (TPSA) is 26.0 Å². The van der Waals surface area contributed by atoms with Gasteiger partial charge in [-0.05, 0) is 70.3 Å². The van der Waals surface area contributed by atoms with Crippen molar-refractivity contribution in [3.05, 3.63) is 114 Å². The van der Waals surface area contributed by atoms with Gasteiger partial charge in [-0.3, -0.25) is 4.98 Å². The summed E-state index contributed by atoms with van der Waals surface area (Å²) in [6.07, 6.45) is 1.15. The molecule has 0 saturated heterocycles. The first-order chi connectivity index (χ1) is 19.6. The molecule has 0 atom stereocenters. The SMILES string of the molecule is [2H]C([2H])([2H])c1cnc(-c2cccc3c2oc2cc(-c4ccccc4)c4ccc5ccccc5c4c23)cc1C([2H])([2H])[2H]. The zero-order chi connectivity index (χ0) is 28.5. The molecule has 166 valence electrons. The largest absolute Gasteiger partial charge is 0.455 e. The van der Waals surface area contributed by atoms with Crippen LogP contribution < -0.4 is 0 Å². The number of aromatic nitrogens is 1. The van der Waals surface area contributed by atoms with E-state index in [-0.39, 0.29) is 11.1 Å². The maximum atomic E-state index is 8.01. The summed E-state index contributed by atoms with van der Waals surface area (Å²) in [5.41, 5.74) is 3.80. The minimum absolute atomic E-state index is 0.238. The second-order valence-corrected chi connectivity index (χ2v) is 8.77. The van der Waals surface area contributed by atoms with E-state index in [1.54, 1.807) is 0 Å². The lowest BCUT2D eigenvalue weighted by molar-refractivity contribution is 0.670. The van der Waals surface area contributed by atoms with Gasteiger partial charge in [-0.1, -0.05) is 78.9 Å². The van der Waals surface area contributed by atoms with Crippen LogP contribution in [0, 0.1) is 13.7 Å². The van der Waals surface area contributed by atoms with Crippen molar-refractivity contribution in [2.24, 2.45) is 0 Å². The van der Waals surface area contributed by atoms with Crippen molar-refractivity contribution in [2.45, 2.75) is 13.7 Å². The lowest BCUT2D eigenvalue weighted by Gasteiger charge is -2.11. The van der Waals surface area contributed by atoms with Gasteiger partial charge in [0.05, 0.1) is 5.69 Å². The van der Waals surface area contributed by atoms with E-state index >= 15 is 0 Å². The minimum atomic E-state index is -2.62. The fraction of sp³-hybridized carbons (Fsp3) is 0.0606. The second-order valence-electron chi connectivity index (χ2n) is 8.77. The molecule has 35 heavy (non-hydrogen) atoms. The smallest absolute Gasteiger partial charge is 0.144 e. The summed E-state index contributed by atoms with van der Waals surface area (Å²) in [6, 6.07) is 31.9. The van der Waals surface area contributed by atoms with Crippen molar-refractivity contribution in [2.75, 3.05) is 0 Å². The number of benzene rings is 5. The number of aryl methyl sites for hydroxylation is 2. The Morgan fingerprint density at radius 1 is 0.657 bits per heavy atom. The Morgan fingerprint density at radius 2 is 1.49 bits per heavy atom. The van der Waals surface area contributed by atoms with Crippen LogP contribution in [0.1, 0.15) is 19.4 Å². The van der Waals surface area contributed by atoms with Gasteiger partial charge in [0.1, 0.15) is 11.2 Å². The monoisotopic (exact) mass is 455 g/mol. The number of fused-ring (bicyclic) bond motifs is 7. The number of furan rings is 1. The first-order valence-electron chi connectivity index (χ1n) is 14.5. The lowest BCUT2D eigenvalue weighted by Crippen LogP contribution is -1.88. The predicted octanol–water partition coefficient (Wildman–Crippen LogP) is 9.24. The molecular weight excluding hydrogens is 426 g/mol. The normalized spacial score (nSPS) is 15.0.